The van der Waals surface area contributed by atoms with E-state index in [-0.39, 0.29) is 23.0 Å². The van der Waals surface area contributed by atoms with Gasteiger partial charge < -0.3 is 26.3 Å². The number of nitrogen functional groups attached to an aromatic ring is 2. The fourth-order valence-electron chi connectivity index (χ4n) is 3.03. The Hall–Kier alpha value is -3.54. The van der Waals surface area contributed by atoms with Gasteiger partial charge in [-0.2, -0.15) is 10.5 Å². The molecule has 0 bridgehead atoms. The first kappa shape index (κ1) is 21.2. The van der Waals surface area contributed by atoms with Crippen LogP contribution >= 0.6 is 15.9 Å². The molecule has 3 rings (SSSR count). The van der Waals surface area contributed by atoms with Gasteiger partial charge in [0.2, 0.25) is 5.96 Å². The van der Waals surface area contributed by atoms with Crippen LogP contribution in [0.1, 0.15) is 29.7 Å². The summed E-state index contributed by atoms with van der Waals surface area (Å²) >= 11 is 3.47. The van der Waals surface area contributed by atoms with E-state index in [9.17, 15) is 5.26 Å². The zero-order valence-electron chi connectivity index (χ0n) is 16.1. The van der Waals surface area contributed by atoms with Crippen molar-refractivity contribution in [3.63, 3.8) is 0 Å². The Morgan fingerprint density at radius 3 is 2.80 bits per heavy atom. The maximum absolute atomic E-state index is 9.45. The minimum Gasteiger partial charge on any atom is -0.491 e. The largest absolute Gasteiger partial charge is 0.491 e. The van der Waals surface area contributed by atoms with Crippen LogP contribution in [0, 0.1) is 22.8 Å². The lowest BCUT2D eigenvalue weighted by Crippen LogP contribution is -2.33. The van der Waals surface area contributed by atoms with E-state index in [1.807, 2.05) is 31.3 Å². The number of nitriles is 2. The summed E-state index contributed by atoms with van der Waals surface area (Å²) in [5, 5.41) is 23.9. The standard InChI is InChI=1S/C19H19BrN8O2/c1-2-29-5-6-30-13-4-3-10(20)7-11(13)16-14-15(23)12(8-21)17(24)27-18(14)28-19(26-16)25-9-22/h3-4,7,16H,2,5-6H2,1H3,(H6,23,24,25,26,27,28). The number of halogens is 1. The molecule has 1 aromatic carbocycles. The number of hydrogen-bond donors (Lipinski definition) is 4. The van der Waals surface area contributed by atoms with Crippen molar-refractivity contribution < 1.29 is 9.47 Å². The number of fused-ring (bicyclic) bond motifs is 1. The van der Waals surface area contributed by atoms with Crippen molar-refractivity contribution in [2.24, 2.45) is 4.99 Å². The topological polar surface area (TPSA) is 167 Å². The summed E-state index contributed by atoms with van der Waals surface area (Å²) in [6.45, 7) is 3.26. The molecule has 0 saturated carbocycles. The Labute approximate surface area is 181 Å². The lowest BCUT2D eigenvalue weighted by atomic mass is 9.94. The Morgan fingerprint density at radius 2 is 2.10 bits per heavy atom. The molecule has 2 aromatic rings. The van der Waals surface area contributed by atoms with Gasteiger partial charge in [-0.05, 0) is 25.1 Å². The Balaban J connectivity index is 2.14. The van der Waals surface area contributed by atoms with Crippen molar-refractivity contribution in [1.82, 2.24) is 10.3 Å². The van der Waals surface area contributed by atoms with Crippen molar-refractivity contribution in [3.05, 3.63) is 39.4 Å². The minimum atomic E-state index is -0.697. The van der Waals surface area contributed by atoms with Crippen LogP contribution < -0.4 is 26.8 Å². The molecule has 1 aliphatic rings. The number of aliphatic imine (C=N–C) groups is 1. The molecule has 10 nitrogen and oxygen atoms in total. The summed E-state index contributed by atoms with van der Waals surface area (Å²) in [7, 11) is 0. The average molecular weight is 471 g/mol. The van der Waals surface area contributed by atoms with E-state index < -0.39 is 6.04 Å². The van der Waals surface area contributed by atoms with Gasteiger partial charge in [0.25, 0.3) is 0 Å². The number of nitrogens with two attached hydrogens (primary N) is 2. The first-order valence-electron chi connectivity index (χ1n) is 8.99. The van der Waals surface area contributed by atoms with Crippen LogP contribution in [0.5, 0.6) is 5.75 Å². The Kier molecular flexibility index (Phi) is 6.57. The van der Waals surface area contributed by atoms with E-state index in [1.165, 1.54) is 0 Å². The van der Waals surface area contributed by atoms with Gasteiger partial charge in [-0.1, -0.05) is 15.9 Å². The van der Waals surface area contributed by atoms with E-state index in [0.29, 0.717) is 42.5 Å². The SMILES string of the molecule is CCOCCOc1ccc(Br)cc1C1N=C(NC#N)Nc2nc(N)c(C#N)c(N)c21. The molecule has 1 unspecified atom stereocenters. The molecule has 0 aliphatic carbocycles. The van der Waals surface area contributed by atoms with Crippen molar-refractivity contribution in [2.45, 2.75) is 13.0 Å². The van der Waals surface area contributed by atoms with Crippen LogP contribution in [0.25, 0.3) is 0 Å². The van der Waals surface area contributed by atoms with Gasteiger partial charge in [0.1, 0.15) is 41.7 Å². The predicted octanol–water partition coefficient (Wildman–Crippen LogP) is 2.24. The molecule has 1 atom stereocenters. The van der Waals surface area contributed by atoms with Gasteiger partial charge in [-0.15, -0.1) is 0 Å². The van der Waals surface area contributed by atoms with Crippen molar-refractivity contribution >= 4 is 39.2 Å². The molecule has 6 N–H and O–H groups in total. The molecule has 11 heteroatoms. The molecule has 0 radical (unpaired) electrons. The second-order valence-electron chi connectivity index (χ2n) is 6.13. The number of rotatable bonds is 6. The number of hydrogen-bond acceptors (Lipinski definition) is 10. The number of pyridine rings is 1. The maximum atomic E-state index is 9.45. The number of aromatic nitrogens is 1. The zero-order chi connectivity index (χ0) is 21.7. The van der Waals surface area contributed by atoms with Crippen LogP contribution in [-0.2, 0) is 4.74 Å². The average Bonchev–Trinajstić information content (AvgIpc) is 2.72. The Morgan fingerprint density at radius 1 is 1.30 bits per heavy atom. The van der Waals surface area contributed by atoms with Crippen LogP contribution in [-0.4, -0.2) is 30.8 Å². The van der Waals surface area contributed by atoms with Gasteiger partial charge in [0, 0.05) is 22.2 Å². The fourth-order valence-corrected chi connectivity index (χ4v) is 3.40. The quantitative estimate of drug-likeness (QED) is 0.281. The highest BCUT2D eigenvalue weighted by molar-refractivity contribution is 9.10. The molecular formula is C19H19BrN8O2. The van der Waals surface area contributed by atoms with Gasteiger partial charge in [-0.3, -0.25) is 5.32 Å². The number of guanidine groups is 1. The number of ether oxygens (including phenoxy) is 2. The monoisotopic (exact) mass is 470 g/mol. The molecule has 154 valence electrons. The predicted molar refractivity (Wildman–Crippen MR) is 116 cm³/mol. The molecule has 30 heavy (non-hydrogen) atoms. The van der Waals surface area contributed by atoms with Crippen LogP contribution in [0.2, 0.25) is 0 Å². The minimum absolute atomic E-state index is 0.0133. The Bertz CT molecular complexity index is 1070. The van der Waals surface area contributed by atoms with Crippen LogP contribution in [0.3, 0.4) is 0 Å². The highest BCUT2D eigenvalue weighted by Gasteiger charge is 2.31. The van der Waals surface area contributed by atoms with E-state index >= 15 is 0 Å². The maximum Gasteiger partial charge on any atom is 0.211 e. The number of nitrogens with one attached hydrogen (secondary N) is 2. The third-order valence-corrected chi connectivity index (χ3v) is 4.81. The molecule has 1 aromatic heterocycles. The molecule has 0 saturated heterocycles. The number of nitrogens with zero attached hydrogens (tertiary/aromatic N) is 4. The second kappa shape index (κ2) is 9.31. The van der Waals surface area contributed by atoms with Crippen molar-refractivity contribution in [2.75, 3.05) is 36.6 Å². The van der Waals surface area contributed by atoms with Gasteiger partial charge in [-0.25, -0.2) is 9.98 Å². The third-order valence-electron chi connectivity index (χ3n) is 4.31. The normalized spacial score (nSPS) is 14.5. The lowest BCUT2D eigenvalue weighted by molar-refractivity contribution is 0.109. The highest BCUT2D eigenvalue weighted by atomic mass is 79.9. The fraction of sp³-hybridized carbons (Fsp3) is 0.263. The van der Waals surface area contributed by atoms with Gasteiger partial charge >= 0.3 is 0 Å². The van der Waals surface area contributed by atoms with E-state index in [4.69, 9.17) is 26.2 Å². The molecular weight excluding hydrogens is 452 g/mol. The molecule has 0 fully saturated rings. The lowest BCUT2D eigenvalue weighted by Gasteiger charge is -2.27. The van der Waals surface area contributed by atoms with Crippen LogP contribution in [0.15, 0.2) is 27.7 Å². The van der Waals surface area contributed by atoms with E-state index in [1.54, 1.807) is 6.07 Å². The molecule has 2 heterocycles. The first-order chi connectivity index (χ1) is 14.5. The molecule has 1 aliphatic heterocycles. The summed E-state index contributed by atoms with van der Waals surface area (Å²) in [5.41, 5.74) is 13.5. The summed E-state index contributed by atoms with van der Waals surface area (Å²) < 4.78 is 12.0. The first-order valence-corrected chi connectivity index (χ1v) is 9.78. The highest BCUT2D eigenvalue weighted by Crippen LogP contribution is 2.43. The van der Waals surface area contributed by atoms with Gasteiger partial charge in [0.05, 0.1) is 12.3 Å². The molecule has 0 amide bonds. The van der Waals surface area contributed by atoms with Crippen LogP contribution in [0.4, 0.5) is 17.3 Å². The van der Waals surface area contributed by atoms with Crippen molar-refractivity contribution in [3.8, 4) is 18.0 Å². The number of benzene rings is 1. The van der Waals surface area contributed by atoms with E-state index in [0.717, 1.165) is 4.47 Å². The van der Waals surface area contributed by atoms with E-state index in [2.05, 4.69) is 36.5 Å². The third kappa shape index (κ3) is 4.22. The molecule has 0 spiro atoms. The summed E-state index contributed by atoms with van der Waals surface area (Å²) in [6, 6.07) is 6.76. The van der Waals surface area contributed by atoms with Gasteiger partial charge in [0.15, 0.2) is 6.19 Å². The second-order valence-corrected chi connectivity index (χ2v) is 7.05. The summed E-state index contributed by atoms with van der Waals surface area (Å²) in [4.78, 5) is 8.82. The summed E-state index contributed by atoms with van der Waals surface area (Å²) in [5.74, 6) is 1.03. The van der Waals surface area contributed by atoms with Crippen molar-refractivity contribution in [1.29, 1.82) is 10.5 Å². The smallest absolute Gasteiger partial charge is 0.211 e. The number of anilines is 3. The zero-order valence-corrected chi connectivity index (χ0v) is 17.7. The summed E-state index contributed by atoms with van der Waals surface area (Å²) in [6.07, 6.45) is 1.82.